The minimum Gasteiger partial charge on any atom is -0.310 e. The van der Waals surface area contributed by atoms with Crippen LogP contribution in [0.2, 0.25) is 0 Å². The van der Waals surface area contributed by atoms with Crippen molar-refractivity contribution in [3.63, 3.8) is 0 Å². The van der Waals surface area contributed by atoms with Crippen molar-refractivity contribution in [2.24, 2.45) is 0 Å². The zero-order valence-electron chi connectivity index (χ0n) is 38.5. The number of para-hydroxylation sites is 1. The largest absolute Gasteiger partial charge is 0.310 e. The normalized spacial score (nSPS) is 11.4. The molecule has 0 saturated carbocycles. The molecule has 13 aromatic rings. The van der Waals surface area contributed by atoms with Gasteiger partial charge in [0.2, 0.25) is 0 Å². The van der Waals surface area contributed by atoms with Gasteiger partial charge in [-0.3, -0.25) is 0 Å². The molecular weight excluding hydrogens is 845 g/mol. The number of aromatic nitrogens is 1. The van der Waals surface area contributed by atoms with Crippen LogP contribution in [0.3, 0.4) is 0 Å². The number of benzene rings is 12. The SMILES string of the molecule is c1ccc(-c2cc(-c3ccccc3)cc(-c3ccc(N(c4ccc(-c5ccc6ccccc6c5)cc4)c4cccc(-c5cccc6c5c5cc7ccccc7cc5n6-c5ccccc5)c4)cc3)c2)cc1. The molecule has 2 nitrogen and oxygen atoms in total. The summed E-state index contributed by atoms with van der Waals surface area (Å²) >= 11 is 0. The van der Waals surface area contributed by atoms with E-state index in [-0.39, 0.29) is 0 Å². The van der Waals surface area contributed by atoms with Crippen molar-refractivity contribution in [3.05, 3.63) is 279 Å². The Morgan fingerprint density at radius 3 is 1.33 bits per heavy atom. The summed E-state index contributed by atoms with van der Waals surface area (Å²) in [5.74, 6) is 0. The zero-order valence-corrected chi connectivity index (χ0v) is 38.5. The molecule has 2 heteroatoms. The molecule has 0 fully saturated rings. The van der Waals surface area contributed by atoms with Crippen LogP contribution >= 0.6 is 0 Å². The minimum atomic E-state index is 1.08. The highest BCUT2D eigenvalue weighted by molar-refractivity contribution is 6.18. The number of fused-ring (bicyclic) bond motifs is 5. The van der Waals surface area contributed by atoms with E-state index in [4.69, 9.17) is 0 Å². The van der Waals surface area contributed by atoms with Crippen LogP contribution in [0.15, 0.2) is 279 Å². The maximum atomic E-state index is 2.42. The maximum Gasteiger partial charge on any atom is 0.0547 e. The molecule has 0 aliphatic carbocycles. The summed E-state index contributed by atoms with van der Waals surface area (Å²) in [6, 6.07) is 102. The highest BCUT2D eigenvalue weighted by Crippen LogP contribution is 2.44. The summed E-state index contributed by atoms with van der Waals surface area (Å²) in [4.78, 5) is 2.40. The fourth-order valence-electron chi connectivity index (χ4n) is 10.5. The Morgan fingerprint density at radius 1 is 0.243 bits per heavy atom. The van der Waals surface area contributed by atoms with Gasteiger partial charge in [0.1, 0.15) is 0 Å². The van der Waals surface area contributed by atoms with Gasteiger partial charge < -0.3 is 9.47 Å². The smallest absolute Gasteiger partial charge is 0.0547 e. The van der Waals surface area contributed by atoms with Gasteiger partial charge in [-0.2, -0.15) is 0 Å². The van der Waals surface area contributed by atoms with Crippen molar-refractivity contribution in [3.8, 4) is 61.3 Å². The quantitative estimate of drug-likeness (QED) is 0.140. The summed E-state index contributed by atoms with van der Waals surface area (Å²) < 4.78 is 2.42. The van der Waals surface area contributed by atoms with E-state index in [0.29, 0.717) is 0 Å². The van der Waals surface area contributed by atoms with Gasteiger partial charge >= 0.3 is 0 Å². The predicted octanol–water partition coefficient (Wildman–Crippen LogP) is 18.9. The summed E-state index contributed by atoms with van der Waals surface area (Å²) in [5.41, 5.74) is 18.6. The number of nitrogens with zero attached hydrogens (tertiary/aromatic N) is 2. The fraction of sp³-hybridized carbons (Fsp3) is 0. The highest BCUT2D eigenvalue weighted by Gasteiger charge is 2.20. The first kappa shape index (κ1) is 41.0. The van der Waals surface area contributed by atoms with Crippen LogP contribution < -0.4 is 4.90 Å². The molecule has 12 aromatic carbocycles. The Kier molecular flexibility index (Phi) is 10.2. The summed E-state index contributed by atoms with van der Waals surface area (Å²) in [5, 5.41) is 7.43. The second-order valence-electron chi connectivity index (χ2n) is 18.2. The minimum absolute atomic E-state index is 1.08. The first-order chi connectivity index (χ1) is 34.7. The van der Waals surface area contributed by atoms with Crippen LogP contribution in [0.1, 0.15) is 0 Å². The molecule has 1 aromatic heterocycles. The van der Waals surface area contributed by atoms with E-state index in [1.807, 2.05) is 0 Å². The Labute approximate surface area is 408 Å². The third-order valence-corrected chi connectivity index (χ3v) is 13.9. The van der Waals surface area contributed by atoms with Crippen LogP contribution in [0.25, 0.3) is 105 Å². The van der Waals surface area contributed by atoms with Crippen molar-refractivity contribution >= 4 is 60.4 Å². The third-order valence-electron chi connectivity index (χ3n) is 13.9. The molecule has 0 bridgehead atoms. The van der Waals surface area contributed by atoms with Crippen molar-refractivity contribution in [1.29, 1.82) is 0 Å². The first-order valence-corrected chi connectivity index (χ1v) is 24.1. The molecule has 0 aliphatic heterocycles. The van der Waals surface area contributed by atoms with E-state index in [1.165, 1.54) is 87.9 Å². The second kappa shape index (κ2) is 17.4. The average Bonchev–Trinajstić information content (AvgIpc) is 3.76. The van der Waals surface area contributed by atoms with Crippen LogP contribution in [-0.2, 0) is 0 Å². The molecule has 0 radical (unpaired) electrons. The molecular formula is C68H46N2. The van der Waals surface area contributed by atoms with Crippen molar-refractivity contribution in [2.45, 2.75) is 0 Å². The summed E-state index contributed by atoms with van der Waals surface area (Å²) in [7, 11) is 0. The average molecular weight is 891 g/mol. The molecule has 0 N–H and O–H groups in total. The van der Waals surface area contributed by atoms with Gasteiger partial charge in [-0.15, -0.1) is 0 Å². The lowest BCUT2D eigenvalue weighted by atomic mass is 9.93. The first-order valence-electron chi connectivity index (χ1n) is 24.1. The van der Waals surface area contributed by atoms with Crippen LogP contribution in [0.5, 0.6) is 0 Å². The van der Waals surface area contributed by atoms with Gasteiger partial charge in [-0.1, -0.05) is 188 Å². The van der Waals surface area contributed by atoms with E-state index in [0.717, 1.165) is 33.9 Å². The van der Waals surface area contributed by atoms with Crippen molar-refractivity contribution < 1.29 is 0 Å². The highest BCUT2D eigenvalue weighted by atomic mass is 15.1. The summed E-state index contributed by atoms with van der Waals surface area (Å²) in [6.07, 6.45) is 0. The Morgan fingerprint density at radius 2 is 0.714 bits per heavy atom. The lowest BCUT2D eigenvalue weighted by Gasteiger charge is -2.26. The molecule has 13 rings (SSSR count). The van der Waals surface area contributed by atoms with E-state index in [1.54, 1.807) is 0 Å². The van der Waals surface area contributed by atoms with Crippen LogP contribution in [0.4, 0.5) is 17.1 Å². The molecule has 0 amide bonds. The van der Waals surface area contributed by atoms with Gasteiger partial charge in [0.25, 0.3) is 0 Å². The number of rotatable bonds is 9. The van der Waals surface area contributed by atoms with Crippen molar-refractivity contribution in [1.82, 2.24) is 4.57 Å². The van der Waals surface area contributed by atoms with Gasteiger partial charge in [0, 0.05) is 33.5 Å². The van der Waals surface area contributed by atoms with Crippen LogP contribution in [0, 0.1) is 0 Å². The fourth-order valence-corrected chi connectivity index (χ4v) is 10.5. The third kappa shape index (κ3) is 7.49. The molecule has 0 aliphatic rings. The van der Waals surface area contributed by atoms with Gasteiger partial charge in [-0.05, 0) is 168 Å². The van der Waals surface area contributed by atoms with Crippen molar-refractivity contribution in [2.75, 3.05) is 4.90 Å². The molecule has 0 atom stereocenters. The lowest BCUT2D eigenvalue weighted by molar-refractivity contribution is 1.18. The van der Waals surface area contributed by atoms with Gasteiger partial charge in [0.05, 0.1) is 11.0 Å². The molecule has 1 heterocycles. The second-order valence-corrected chi connectivity index (χ2v) is 18.2. The van der Waals surface area contributed by atoms with E-state index < -0.39 is 0 Å². The molecule has 328 valence electrons. The molecule has 0 unspecified atom stereocenters. The Balaban J connectivity index is 0.954. The standard InChI is InChI=1S/C68H46N2/c1-4-16-47(17-5-1)57-41-58(48-18-6-2-7-19-48)43-59(42-57)51-34-38-62(39-35-51)69(61-36-32-50(33-37-61)55-31-30-49-20-10-11-21-52(49)40-55)63-27-14-24-56(44-63)64-28-15-29-66-68(64)65-45-53-22-12-13-23-54(53)46-67(65)70(66)60-25-8-3-9-26-60/h1-46H. The predicted molar refractivity (Wildman–Crippen MR) is 298 cm³/mol. The summed E-state index contributed by atoms with van der Waals surface area (Å²) in [6.45, 7) is 0. The molecule has 0 saturated heterocycles. The maximum absolute atomic E-state index is 2.42. The number of anilines is 3. The molecule has 0 spiro atoms. The monoisotopic (exact) mass is 890 g/mol. The lowest BCUT2D eigenvalue weighted by Crippen LogP contribution is -2.10. The van der Waals surface area contributed by atoms with Crippen LogP contribution in [-0.4, -0.2) is 4.57 Å². The Hall–Kier alpha value is -9.24. The molecule has 70 heavy (non-hydrogen) atoms. The van der Waals surface area contributed by atoms with E-state index in [2.05, 4.69) is 289 Å². The van der Waals surface area contributed by atoms with E-state index in [9.17, 15) is 0 Å². The van der Waals surface area contributed by atoms with Gasteiger partial charge in [-0.25, -0.2) is 0 Å². The number of hydrogen-bond donors (Lipinski definition) is 0. The Bertz CT molecular complexity index is 3960. The van der Waals surface area contributed by atoms with E-state index >= 15 is 0 Å². The number of hydrogen-bond acceptors (Lipinski definition) is 1. The van der Waals surface area contributed by atoms with Gasteiger partial charge in [0.15, 0.2) is 0 Å². The topological polar surface area (TPSA) is 8.17 Å². The zero-order chi connectivity index (χ0) is 46.4.